The van der Waals surface area contributed by atoms with Crippen molar-refractivity contribution >= 4 is 0 Å². The monoisotopic (exact) mass is 112 g/mol. The number of quaternary nitrogens is 1. The standard InChI is InChI=1S/C7H13N/c1-3-4-5-6-7(2)8/h4-6H,3,8H2,1-2H3/p+1/b5-4-,7-6-. The molecule has 0 fully saturated rings. The Bertz CT molecular complexity index is 97.0. The normalized spacial score (nSPS) is 13.1. The smallest absolute Gasteiger partial charge is 0.101 e. The van der Waals surface area contributed by atoms with Gasteiger partial charge in [-0.05, 0) is 12.5 Å². The molecule has 0 aliphatic heterocycles. The molecule has 0 saturated carbocycles. The van der Waals surface area contributed by atoms with Crippen molar-refractivity contribution in [1.82, 2.24) is 0 Å². The Morgan fingerprint density at radius 1 is 1.62 bits per heavy atom. The van der Waals surface area contributed by atoms with Gasteiger partial charge in [0.1, 0.15) is 5.70 Å². The molecular weight excluding hydrogens is 98.1 g/mol. The summed E-state index contributed by atoms with van der Waals surface area (Å²) in [5.74, 6) is 0. The zero-order chi connectivity index (χ0) is 6.41. The number of hydrogen-bond donors (Lipinski definition) is 1. The van der Waals surface area contributed by atoms with Gasteiger partial charge in [0.15, 0.2) is 0 Å². The van der Waals surface area contributed by atoms with E-state index in [2.05, 4.69) is 18.7 Å². The third-order valence-corrected chi connectivity index (χ3v) is 0.753. The average Bonchev–Trinajstić information content (AvgIpc) is 1.66. The summed E-state index contributed by atoms with van der Waals surface area (Å²) >= 11 is 0. The van der Waals surface area contributed by atoms with Crippen LogP contribution in [-0.2, 0) is 0 Å². The van der Waals surface area contributed by atoms with Crippen LogP contribution in [0.2, 0.25) is 0 Å². The van der Waals surface area contributed by atoms with E-state index in [1.165, 1.54) is 0 Å². The fourth-order valence-electron chi connectivity index (χ4n) is 0.368. The topological polar surface area (TPSA) is 27.6 Å². The Morgan fingerprint density at radius 2 is 2.25 bits per heavy atom. The van der Waals surface area contributed by atoms with Gasteiger partial charge in [-0.15, -0.1) is 0 Å². The Kier molecular flexibility index (Phi) is 4.27. The maximum absolute atomic E-state index is 3.72. The molecule has 0 amide bonds. The maximum atomic E-state index is 3.72. The molecule has 0 radical (unpaired) electrons. The molecule has 0 unspecified atom stereocenters. The van der Waals surface area contributed by atoms with Crippen LogP contribution >= 0.6 is 0 Å². The predicted octanol–water partition coefficient (Wildman–Crippen LogP) is 1.10. The van der Waals surface area contributed by atoms with Gasteiger partial charge in [-0.2, -0.15) is 0 Å². The molecule has 0 spiro atoms. The van der Waals surface area contributed by atoms with Crippen molar-refractivity contribution in [2.75, 3.05) is 0 Å². The summed E-state index contributed by atoms with van der Waals surface area (Å²) in [6.45, 7) is 4.10. The van der Waals surface area contributed by atoms with Crippen LogP contribution in [0.1, 0.15) is 20.3 Å². The van der Waals surface area contributed by atoms with Gasteiger partial charge in [0.2, 0.25) is 0 Å². The van der Waals surface area contributed by atoms with Crippen LogP contribution in [0.25, 0.3) is 0 Å². The van der Waals surface area contributed by atoms with Gasteiger partial charge >= 0.3 is 0 Å². The molecule has 0 aliphatic rings. The van der Waals surface area contributed by atoms with Crippen LogP contribution in [-0.4, -0.2) is 0 Å². The molecule has 3 N–H and O–H groups in total. The molecule has 1 nitrogen and oxygen atoms in total. The van der Waals surface area contributed by atoms with Crippen molar-refractivity contribution in [3.8, 4) is 0 Å². The third kappa shape index (κ3) is 5.44. The molecule has 0 atom stereocenters. The zero-order valence-corrected chi connectivity index (χ0v) is 5.65. The first-order chi connectivity index (χ1) is 3.77. The molecule has 0 aromatic carbocycles. The van der Waals surface area contributed by atoms with E-state index in [4.69, 9.17) is 0 Å². The van der Waals surface area contributed by atoms with Gasteiger partial charge in [0.25, 0.3) is 0 Å². The molecule has 0 aliphatic carbocycles. The van der Waals surface area contributed by atoms with Crippen molar-refractivity contribution < 1.29 is 5.73 Å². The van der Waals surface area contributed by atoms with E-state index in [1.807, 2.05) is 19.1 Å². The minimum atomic E-state index is 1.10. The fraction of sp³-hybridized carbons (Fsp3) is 0.429. The second-order valence-corrected chi connectivity index (χ2v) is 1.85. The summed E-state index contributed by atoms with van der Waals surface area (Å²) in [7, 11) is 0. The second kappa shape index (κ2) is 4.60. The first-order valence-electron chi connectivity index (χ1n) is 2.92. The highest BCUT2D eigenvalue weighted by Crippen LogP contribution is 1.82. The lowest BCUT2D eigenvalue weighted by Gasteiger charge is -1.76. The van der Waals surface area contributed by atoms with Crippen molar-refractivity contribution in [3.05, 3.63) is 23.9 Å². The summed E-state index contributed by atoms with van der Waals surface area (Å²) in [6, 6.07) is 0. The van der Waals surface area contributed by atoms with Crippen LogP contribution in [0, 0.1) is 0 Å². The van der Waals surface area contributed by atoms with E-state index < -0.39 is 0 Å². The minimum absolute atomic E-state index is 1.10. The summed E-state index contributed by atoms with van der Waals surface area (Å²) in [5, 5.41) is 0. The van der Waals surface area contributed by atoms with Crippen LogP contribution < -0.4 is 5.73 Å². The molecule has 1 heteroatoms. The number of hydrogen-bond acceptors (Lipinski definition) is 0. The Hall–Kier alpha value is -0.560. The lowest BCUT2D eigenvalue weighted by atomic mass is 10.3. The van der Waals surface area contributed by atoms with E-state index in [0.717, 1.165) is 12.1 Å². The molecule has 0 saturated heterocycles. The molecule has 0 aromatic heterocycles. The van der Waals surface area contributed by atoms with Gasteiger partial charge < -0.3 is 5.73 Å². The number of allylic oxidation sites excluding steroid dienone is 4. The molecular formula is C7H14N+. The van der Waals surface area contributed by atoms with Crippen LogP contribution in [0.5, 0.6) is 0 Å². The first-order valence-corrected chi connectivity index (χ1v) is 2.92. The van der Waals surface area contributed by atoms with Crippen LogP contribution in [0.15, 0.2) is 23.9 Å². The van der Waals surface area contributed by atoms with Crippen LogP contribution in [0.3, 0.4) is 0 Å². The molecule has 0 bridgehead atoms. The first kappa shape index (κ1) is 7.44. The van der Waals surface area contributed by atoms with E-state index in [1.54, 1.807) is 0 Å². The van der Waals surface area contributed by atoms with Crippen molar-refractivity contribution in [2.24, 2.45) is 0 Å². The highest BCUT2D eigenvalue weighted by Gasteiger charge is 1.72. The molecule has 0 heterocycles. The highest BCUT2D eigenvalue weighted by molar-refractivity contribution is 5.03. The van der Waals surface area contributed by atoms with E-state index in [-0.39, 0.29) is 0 Å². The van der Waals surface area contributed by atoms with Crippen molar-refractivity contribution in [1.29, 1.82) is 0 Å². The summed E-state index contributed by atoms with van der Waals surface area (Å²) in [6.07, 6.45) is 7.24. The summed E-state index contributed by atoms with van der Waals surface area (Å²) in [5.41, 5.74) is 4.83. The molecule has 0 rings (SSSR count). The third-order valence-electron chi connectivity index (χ3n) is 0.753. The fourth-order valence-corrected chi connectivity index (χ4v) is 0.368. The lowest BCUT2D eigenvalue weighted by Crippen LogP contribution is -2.45. The lowest BCUT2D eigenvalue weighted by molar-refractivity contribution is -0.301. The van der Waals surface area contributed by atoms with Gasteiger partial charge in [-0.3, -0.25) is 0 Å². The SMILES string of the molecule is CC/C=C\C=C(\C)[NH3+]. The quantitative estimate of drug-likeness (QED) is 0.518. The van der Waals surface area contributed by atoms with E-state index in [0.29, 0.717) is 0 Å². The highest BCUT2D eigenvalue weighted by atomic mass is 14.5. The average molecular weight is 112 g/mol. The van der Waals surface area contributed by atoms with Crippen molar-refractivity contribution in [3.63, 3.8) is 0 Å². The molecule has 46 valence electrons. The minimum Gasteiger partial charge on any atom is -0.329 e. The Labute approximate surface area is 50.9 Å². The molecule has 0 aromatic rings. The maximum Gasteiger partial charge on any atom is 0.101 e. The van der Waals surface area contributed by atoms with Gasteiger partial charge in [-0.25, -0.2) is 0 Å². The van der Waals surface area contributed by atoms with E-state index in [9.17, 15) is 0 Å². The van der Waals surface area contributed by atoms with E-state index >= 15 is 0 Å². The predicted molar refractivity (Wildman–Crippen MR) is 36.1 cm³/mol. The number of rotatable bonds is 2. The van der Waals surface area contributed by atoms with Gasteiger partial charge in [-0.1, -0.05) is 19.1 Å². The van der Waals surface area contributed by atoms with Crippen molar-refractivity contribution in [2.45, 2.75) is 20.3 Å². The summed E-state index contributed by atoms with van der Waals surface area (Å²) < 4.78 is 0. The van der Waals surface area contributed by atoms with Gasteiger partial charge in [0.05, 0.1) is 0 Å². The second-order valence-electron chi connectivity index (χ2n) is 1.85. The van der Waals surface area contributed by atoms with Crippen LogP contribution in [0.4, 0.5) is 0 Å². The Morgan fingerprint density at radius 3 is 2.62 bits per heavy atom. The molecule has 8 heavy (non-hydrogen) atoms. The largest absolute Gasteiger partial charge is 0.329 e. The zero-order valence-electron chi connectivity index (χ0n) is 5.65. The Balaban J connectivity index is 3.42. The van der Waals surface area contributed by atoms with Gasteiger partial charge in [0, 0.05) is 6.92 Å². The summed E-state index contributed by atoms with van der Waals surface area (Å²) in [4.78, 5) is 0.